The van der Waals surface area contributed by atoms with Crippen LogP contribution in [0, 0.1) is 11.3 Å². The van der Waals surface area contributed by atoms with Gasteiger partial charge in [-0.25, -0.2) is 4.79 Å². The van der Waals surface area contributed by atoms with Crippen LogP contribution in [0.3, 0.4) is 0 Å². The molecule has 0 heterocycles. The van der Waals surface area contributed by atoms with Gasteiger partial charge in [0.25, 0.3) is 0 Å². The summed E-state index contributed by atoms with van der Waals surface area (Å²) >= 11 is 0. The molecule has 1 unspecified atom stereocenters. The molecule has 0 aliphatic rings. The summed E-state index contributed by atoms with van der Waals surface area (Å²) in [6.07, 6.45) is 0.177. The quantitative estimate of drug-likeness (QED) is 0.865. The van der Waals surface area contributed by atoms with E-state index >= 15 is 0 Å². The lowest BCUT2D eigenvalue weighted by Crippen LogP contribution is -2.29. The number of carbonyl (C=O) groups is 2. The molecule has 1 amide bonds. The highest BCUT2D eigenvalue weighted by atomic mass is 16.6. The van der Waals surface area contributed by atoms with Crippen molar-refractivity contribution in [2.45, 2.75) is 60.5 Å². The van der Waals surface area contributed by atoms with E-state index in [2.05, 4.69) is 26.1 Å². The number of nitrogens with one attached hydrogen (secondary N) is 1. The molecule has 0 aliphatic heterocycles. The van der Waals surface area contributed by atoms with Crippen molar-refractivity contribution in [1.29, 1.82) is 0 Å². The number of carbonyl (C=O) groups excluding carboxylic acids is 2. The van der Waals surface area contributed by atoms with Crippen LogP contribution in [0.4, 0.5) is 10.5 Å². The lowest BCUT2D eigenvalue weighted by atomic mass is 9.75. The van der Waals surface area contributed by atoms with Gasteiger partial charge in [-0.3, -0.25) is 10.1 Å². The number of ketones is 1. The third kappa shape index (κ3) is 6.85. The lowest BCUT2D eigenvalue weighted by molar-refractivity contribution is -0.123. The van der Waals surface area contributed by atoms with Gasteiger partial charge in [-0.1, -0.05) is 32.9 Å². The molecule has 1 atom stereocenters. The van der Waals surface area contributed by atoms with Crippen LogP contribution in [-0.2, 0) is 16.0 Å². The van der Waals surface area contributed by atoms with E-state index in [1.807, 2.05) is 45.0 Å². The number of anilines is 1. The average Bonchev–Trinajstić information content (AvgIpc) is 2.32. The Kier molecular flexibility index (Phi) is 5.98. The normalized spacial score (nSPS) is 13.3. The Bertz CT molecular complexity index is 565. The Morgan fingerprint density at radius 3 is 2.22 bits per heavy atom. The molecule has 1 N–H and O–H groups in total. The maximum absolute atomic E-state index is 11.9. The predicted molar refractivity (Wildman–Crippen MR) is 93.6 cm³/mol. The third-order valence-corrected chi connectivity index (χ3v) is 3.55. The van der Waals surface area contributed by atoms with Gasteiger partial charge in [-0.15, -0.1) is 0 Å². The van der Waals surface area contributed by atoms with E-state index in [4.69, 9.17) is 4.74 Å². The number of ether oxygens (including phenoxy) is 1. The standard InChI is InChI=1S/C19H29NO3/c1-13(21)16(18(2,3)4)12-14-9-8-10-15(11-14)20-17(22)23-19(5,6)7/h8-11,16H,12H2,1-7H3,(H,20,22). The van der Waals surface area contributed by atoms with Crippen molar-refractivity contribution in [2.75, 3.05) is 5.32 Å². The Balaban J connectivity index is 2.84. The number of Topliss-reactive ketones (excluding diaryl/α,β-unsaturated/α-hetero) is 1. The maximum atomic E-state index is 11.9. The van der Waals surface area contributed by atoms with Gasteiger partial charge < -0.3 is 4.74 Å². The van der Waals surface area contributed by atoms with Crippen molar-refractivity contribution in [3.63, 3.8) is 0 Å². The second-order valence-corrected chi connectivity index (χ2v) is 8.06. The van der Waals surface area contributed by atoms with Crippen molar-refractivity contribution in [1.82, 2.24) is 0 Å². The summed E-state index contributed by atoms with van der Waals surface area (Å²) in [5.74, 6) is 0.127. The smallest absolute Gasteiger partial charge is 0.412 e. The SMILES string of the molecule is CC(=O)C(Cc1cccc(NC(=O)OC(C)(C)C)c1)C(C)(C)C. The molecule has 4 nitrogen and oxygen atoms in total. The van der Waals surface area contributed by atoms with Crippen molar-refractivity contribution in [3.05, 3.63) is 29.8 Å². The minimum atomic E-state index is -0.534. The van der Waals surface area contributed by atoms with E-state index in [1.165, 1.54) is 0 Å². The molecule has 1 rings (SSSR count). The molecule has 0 radical (unpaired) electrons. The summed E-state index contributed by atoms with van der Waals surface area (Å²) in [5, 5.41) is 2.73. The van der Waals surface area contributed by atoms with Gasteiger partial charge in [-0.05, 0) is 57.2 Å². The molecule has 128 valence electrons. The zero-order valence-electron chi connectivity index (χ0n) is 15.3. The molecule has 0 bridgehead atoms. The minimum absolute atomic E-state index is 0.0562. The molecule has 23 heavy (non-hydrogen) atoms. The van der Waals surface area contributed by atoms with Crippen LogP contribution in [0.1, 0.15) is 54.0 Å². The van der Waals surface area contributed by atoms with Crippen LogP contribution in [0.15, 0.2) is 24.3 Å². The summed E-state index contributed by atoms with van der Waals surface area (Å²) in [7, 11) is 0. The number of hydrogen-bond acceptors (Lipinski definition) is 3. The Morgan fingerprint density at radius 1 is 1.13 bits per heavy atom. The third-order valence-electron chi connectivity index (χ3n) is 3.55. The molecule has 0 fully saturated rings. The molecule has 0 saturated heterocycles. The summed E-state index contributed by atoms with van der Waals surface area (Å²) in [4.78, 5) is 23.8. The maximum Gasteiger partial charge on any atom is 0.412 e. The second-order valence-electron chi connectivity index (χ2n) is 8.06. The van der Waals surface area contributed by atoms with Crippen LogP contribution in [0.2, 0.25) is 0 Å². The predicted octanol–water partition coefficient (Wildman–Crippen LogP) is 4.83. The molecule has 0 spiro atoms. The van der Waals surface area contributed by atoms with Gasteiger partial charge in [0.1, 0.15) is 11.4 Å². The van der Waals surface area contributed by atoms with Gasteiger partial charge in [0.2, 0.25) is 0 Å². The topological polar surface area (TPSA) is 55.4 Å². The summed E-state index contributed by atoms with van der Waals surface area (Å²) in [5.41, 5.74) is 1.07. The average molecular weight is 319 g/mol. The van der Waals surface area contributed by atoms with Gasteiger partial charge in [0.05, 0.1) is 0 Å². The molecule has 1 aromatic carbocycles. The highest BCUT2D eigenvalue weighted by Gasteiger charge is 2.28. The summed E-state index contributed by atoms with van der Waals surface area (Å²) in [6.45, 7) is 13.3. The highest BCUT2D eigenvalue weighted by Crippen LogP contribution is 2.30. The van der Waals surface area contributed by atoms with E-state index in [9.17, 15) is 9.59 Å². The molecule has 0 aliphatic carbocycles. The fraction of sp³-hybridized carbons (Fsp3) is 0.579. The summed E-state index contributed by atoms with van der Waals surface area (Å²) in [6, 6.07) is 7.56. The van der Waals surface area contributed by atoms with Crippen molar-refractivity contribution in [2.24, 2.45) is 11.3 Å². The summed E-state index contributed by atoms with van der Waals surface area (Å²) < 4.78 is 5.25. The van der Waals surface area contributed by atoms with Crippen LogP contribution < -0.4 is 5.32 Å². The van der Waals surface area contributed by atoms with E-state index in [0.717, 1.165) is 5.56 Å². The Hall–Kier alpha value is -1.84. The van der Waals surface area contributed by atoms with E-state index in [1.54, 1.807) is 6.92 Å². The first-order valence-electron chi connectivity index (χ1n) is 7.98. The van der Waals surface area contributed by atoms with Crippen molar-refractivity contribution in [3.8, 4) is 0 Å². The van der Waals surface area contributed by atoms with Crippen LogP contribution in [-0.4, -0.2) is 17.5 Å². The first kappa shape index (κ1) is 19.2. The Morgan fingerprint density at radius 2 is 1.74 bits per heavy atom. The van der Waals surface area contributed by atoms with Gasteiger partial charge >= 0.3 is 6.09 Å². The van der Waals surface area contributed by atoms with Crippen molar-refractivity contribution >= 4 is 17.6 Å². The number of hydrogen-bond donors (Lipinski definition) is 1. The molecule has 0 saturated carbocycles. The van der Waals surface area contributed by atoms with Crippen molar-refractivity contribution < 1.29 is 14.3 Å². The van der Waals surface area contributed by atoms with Crippen LogP contribution >= 0.6 is 0 Å². The van der Waals surface area contributed by atoms with Gasteiger partial charge in [0, 0.05) is 11.6 Å². The molecular formula is C19H29NO3. The van der Waals surface area contributed by atoms with Gasteiger partial charge in [-0.2, -0.15) is 0 Å². The van der Waals surface area contributed by atoms with Crippen LogP contribution in [0.5, 0.6) is 0 Å². The van der Waals surface area contributed by atoms with Gasteiger partial charge in [0.15, 0.2) is 0 Å². The number of amides is 1. The highest BCUT2D eigenvalue weighted by molar-refractivity contribution is 5.85. The minimum Gasteiger partial charge on any atom is -0.444 e. The lowest BCUT2D eigenvalue weighted by Gasteiger charge is -2.28. The fourth-order valence-corrected chi connectivity index (χ4v) is 2.49. The Labute approximate surface area is 139 Å². The first-order valence-corrected chi connectivity index (χ1v) is 7.98. The largest absolute Gasteiger partial charge is 0.444 e. The molecule has 4 heteroatoms. The molecule has 1 aromatic rings. The fourth-order valence-electron chi connectivity index (χ4n) is 2.49. The second kappa shape index (κ2) is 7.16. The molecule has 0 aromatic heterocycles. The monoisotopic (exact) mass is 319 g/mol. The van der Waals surface area contributed by atoms with E-state index < -0.39 is 11.7 Å². The number of rotatable bonds is 4. The molecular weight excluding hydrogens is 290 g/mol. The number of benzene rings is 1. The zero-order chi connectivity index (χ0) is 17.8. The van der Waals surface area contributed by atoms with E-state index in [-0.39, 0.29) is 17.1 Å². The van der Waals surface area contributed by atoms with Crippen LogP contribution in [0.25, 0.3) is 0 Å². The van der Waals surface area contributed by atoms with E-state index in [0.29, 0.717) is 12.1 Å². The first-order chi connectivity index (χ1) is 10.4. The zero-order valence-corrected chi connectivity index (χ0v) is 15.3.